The minimum Gasteiger partial charge on any atom is -0.451 e. The molecule has 1 aliphatic carbocycles. The Bertz CT molecular complexity index is 1660. The quantitative estimate of drug-likeness (QED) is 0.160. The van der Waals surface area contributed by atoms with Crippen molar-refractivity contribution in [3.05, 3.63) is 95.6 Å². The number of carbonyl (C=O) groups is 4. The van der Waals surface area contributed by atoms with Gasteiger partial charge in [-0.3, -0.25) is 19.3 Å². The monoisotopic (exact) mass is 546 g/mol. The van der Waals surface area contributed by atoms with E-state index in [1.54, 1.807) is 61.5 Å². The number of imide groups is 1. The number of hydrogen-bond donors (Lipinski definition) is 0. The van der Waals surface area contributed by atoms with E-state index in [0.29, 0.717) is 33.4 Å². The summed E-state index contributed by atoms with van der Waals surface area (Å²) in [6, 6.07) is 23.1. The number of aromatic nitrogens is 1. The number of nitrogens with zero attached hydrogens (tertiary/aromatic N) is 2. The van der Waals surface area contributed by atoms with E-state index in [1.165, 1.54) is 4.90 Å². The third kappa shape index (κ3) is 4.92. The molecule has 7 heteroatoms. The maximum Gasteiger partial charge on any atom is 0.339 e. The number of benzene rings is 3. The molecule has 3 atom stereocenters. The minimum atomic E-state index is -0.972. The highest BCUT2D eigenvalue weighted by Crippen LogP contribution is 2.40. The third-order valence-electron chi connectivity index (χ3n) is 8.16. The number of amides is 2. The lowest BCUT2D eigenvalue weighted by Gasteiger charge is -2.19. The van der Waals surface area contributed by atoms with Gasteiger partial charge in [0.15, 0.2) is 6.10 Å². The van der Waals surface area contributed by atoms with Crippen molar-refractivity contribution in [3.8, 4) is 11.3 Å². The number of aryl methyl sites for hydroxylation is 1. The first-order valence-electron chi connectivity index (χ1n) is 14.0. The number of ketones is 1. The summed E-state index contributed by atoms with van der Waals surface area (Å²) in [7, 11) is 0. The van der Waals surface area contributed by atoms with E-state index in [0.717, 1.165) is 36.8 Å². The molecule has 3 aromatic carbocycles. The molecule has 0 radical (unpaired) electrons. The van der Waals surface area contributed by atoms with Gasteiger partial charge in [0.1, 0.15) is 0 Å². The number of anilines is 1. The average Bonchev–Trinajstić information content (AvgIpc) is 3.26. The lowest BCUT2D eigenvalue weighted by molar-refractivity contribution is -0.122. The predicted octanol–water partition coefficient (Wildman–Crippen LogP) is 6.32. The Hall–Kier alpha value is -4.65. The summed E-state index contributed by atoms with van der Waals surface area (Å²) in [5.74, 6) is -1.56. The number of fused-ring (bicyclic) bond motifs is 2. The van der Waals surface area contributed by atoms with Crippen LogP contribution in [-0.4, -0.2) is 34.7 Å². The second-order valence-electron chi connectivity index (χ2n) is 10.9. The number of Topliss-reactive ketones (excluding diaryl/α,β-unsaturated/α-hetero) is 1. The van der Waals surface area contributed by atoms with Crippen LogP contribution in [0.3, 0.4) is 0 Å². The van der Waals surface area contributed by atoms with E-state index in [1.807, 2.05) is 31.2 Å². The van der Waals surface area contributed by atoms with Gasteiger partial charge in [0.25, 0.3) is 0 Å². The van der Waals surface area contributed by atoms with Gasteiger partial charge in [-0.1, -0.05) is 66.9 Å². The first-order chi connectivity index (χ1) is 19.8. The van der Waals surface area contributed by atoms with Crippen molar-refractivity contribution in [2.45, 2.75) is 45.6 Å². The molecule has 2 heterocycles. The number of pyridine rings is 1. The summed E-state index contributed by atoms with van der Waals surface area (Å²) in [6.07, 6.45) is 2.51. The number of hydrogen-bond acceptors (Lipinski definition) is 6. The van der Waals surface area contributed by atoms with Gasteiger partial charge in [0, 0.05) is 16.5 Å². The Morgan fingerprint density at radius 1 is 0.878 bits per heavy atom. The zero-order valence-electron chi connectivity index (χ0n) is 23.0. The Morgan fingerprint density at radius 3 is 2.20 bits per heavy atom. The Kier molecular flexibility index (Phi) is 6.95. The fourth-order valence-corrected chi connectivity index (χ4v) is 5.97. The van der Waals surface area contributed by atoms with Crippen LogP contribution in [0.25, 0.3) is 22.2 Å². The van der Waals surface area contributed by atoms with E-state index in [9.17, 15) is 19.2 Å². The van der Waals surface area contributed by atoms with E-state index >= 15 is 0 Å². The smallest absolute Gasteiger partial charge is 0.339 e. The number of esters is 1. The van der Waals surface area contributed by atoms with Gasteiger partial charge >= 0.3 is 5.97 Å². The second-order valence-corrected chi connectivity index (χ2v) is 10.9. The molecule has 0 spiro atoms. The van der Waals surface area contributed by atoms with Crippen molar-refractivity contribution in [2.75, 3.05) is 4.90 Å². The topological polar surface area (TPSA) is 93.6 Å². The standard InChI is InChI=1S/C34H30N2O5/c1-20-12-17-29-27(18-20)28(34(40)41-21(2)31(37)23-8-4-3-5-9-23)19-30(35-29)22-13-15-24(16-14-22)36-32(38)25-10-6-7-11-26(25)33(36)39/h3-5,8-9,12-19,21,25-26H,6-7,10-11H2,1-2H3. The molecule has 0 N–H and O–H groups in total. The number of carbonyl (C=O) groups excluding carboxylic acids is 4. The maximum absolute atomic E-state index is 13.4. The van der Waals surface area contributed by atoms with Crippen LogP contribution in [0.15, 0.2) is 78.9 Å². The summed E-state index contributed by atoms with van der Waals surface area (Å²) >= 11 is 0. The van der Waals surface area contributed by atoms with Crippen LogP contribution in [0.1, 0.15) is 58.9 Å². The van der Waals surface area contributed by atoms with Gasteiger partial charge in [-0.05, 0) is 57.0 Å². The number of rotatable bonds is 6. The predicted molar refractivity (Wildman–Crippen MR) is 156 cm³/mol. The second kappa shape index (κ2) is 10.7. The van der Waals surface area contributed by atoms with Gasteiger partial charge in [-0.15, -0.1) is 0 Å². The third-order valence-corrected chi connectivity index (χ3v) is 8.16. The van der Waals surface area contributed by atoms with Gasteiger partial charge in [-0.25, -0.2) is 9.78 Å². The summed E-state index contributed by atoms with van der Waals surface area (Å²) < 4.78 is 5.65. The maximum atomic E-state index is 13.4. The summed E-state index contributed by atoms with van der Waals surface area (Å²) in [6.45, 7) is 3.50. The zero-order valence-corrected chi connectivity index (χ0v) is 23.0. The van der Waals surface area contributed by atoms with Crippen LogP contribution in [0.4, 0.5) is 5.69 Å². The Balaban J connectivity index is 1.31. The van der Waals surface area contributed by atoms with Gasteiger partial charge in [0.2, 0.25) is 17.6 Å². The summed E-state index contributed by atoms with van der Waals surface area (Å²) in [5, 5.41) is 0.630. The molecule has 2 amide bonds. The van der Waals surface area contributed by atoms with Crippen molar-refractivity contribution in [2.24, 2.45) is 11.8 Å². The molecule has 2 aliphatic rings. The first-order valence-corrected chi connectivity index (χ1v) is 14.0. The molecule has 41 heavy (non-hydrogen) atoms. The van der Waals surface area contributed by atoms with Crippen molar-refractivity contribution < 1.29 is 23.9 Å². The van der Waals surface area contributed by atoms with Crippen LogP contribution >= 0.6 is 0 Å². The van der Waals surface area contributed by atoms with Crippen molar-refractivity contribution in [1.29, 1.82) is 0 Å². The lowest BCUT2D eigenvalue weighted by atomic mass is 9.81. The summed E-state index contributed by atoms with van der Waals surface area (Å²) in [4.78, 5) is 58.5. The average molecular weight is 547 g/mol. The molecule has 2 fully saturated rings. The highest BCUT2D eigenvalue weighted by molar-refractivity contribution is 6.22. The fourth-order valence-electron chi connectivity index (χ4n) is 5.97. The van der Waals surface area contributed by atoms with E-state index in [4.69, 9.17) is 9.72 Å². The summed E-state index contributed by atoms with van der Waals surface area (Å²) in [5.41, 5.74) is 4.14. The molecule has 1 saturated heterocycles. The molecule has 0 bridgehead atoms. The number of ether oxygens (including phenoxy) is 1. The van der Waals surface area contributed by atoms with Crippen LogP contribution < -0.4 is 4.90 Å². The van der Waals surface area contributed by atoms with Gasteiger partial charge in [-0.2, -0.15) is 0 Å². The van der Waals surface area contributed by atoms with Crippen molar-refractivity contribution in [1.82, 2.24) is 4.98 Å². The normalized spacial score (nSPS) is 19.2. The van der Waals surface area contributed by atoms with Crippen molar-refractivity contribution in [3.63, 3.8) is 0 Å². The van der Waals surface area contributed by atoms with Crippen molar-refractivity contribution >= 4 is 40.2 Å². The van der Waals surface area contributed by atoms with E-state index in [2.05, 4.69) is 0 Å². The van der Waals surface area contributed by atoms with E-state index < -0.39 is 12.1 Å². The fraction of sp³-hybridized carbons (Fsp3) is 0.265. The first kappa shape index (κ1) is 26.6. The molecular formula is C34H30N2O5. The van der Waals surface area contributed by atoms with Crippen LogP contribution in [-0.2, 0) is 14.3 Å². The largest absolute Gasteiger partial charge is 0.451 e. The van der Waals surface area contributed by atoms with Gasteiger partial charge in [0.05, 0.1) is 34.3 Å². The van der Waals surface area contributed by atoms with Gasteiger partial charge < -0.3 is 4.74 Å². The SMILES string of the molecule is Cc1ccc2nc(-c3ccc(N4C(=O)C5CCCCC5C4=O)cc3)cc(C(=O)OC(C)C(=O)c3ccccc3)c2c1. The molecule has 6 rings (SSSR count). The Labute approximate surface area is 238 Å². The molecular weight excluding hydrogens is 516 g/mol. The Morgan fingerprint density at radius 2 is 1.54 bits per heavy atom. The van der Waals surface area contributed by atoms with E-state index in [-0.39, 0.29) is 29.4 Å². The lowest BCUT2D eigenvalue weighted by Crippen LogP contribution is -2.30. The molecule has 1 aromatic heterocycles. The highest BCUT2D eigenvalue weighted by Gasteiger charge is 2.48. The van der Waals surface area contributed by atoms with Crippen LogP contribution in [0.2, 0.25) is 0 Å². The molecule has 4 aromatic rings. The molecule has 7 nitrogen and oxygen atoms in total. The van der Waals surface area contributed by atoms with Crippen LogP contribution in [0, 0.1) is 18.8 Å². The highest BCUT2D eigenvalue weighted by atomic mass is 16.5. The van der Waals surface area contributed by atoms with Crippen LogP contribution in [0.5, 0.6) is 0 Å². The molecule has 1 aliphatic heterocycles. The molecule has 3 unspecified atom stereocenters. The minimum absolute atomic E-state index is 0.115. The zero-order chi connectivity index (χ0) is 28.7. The molecule has 1 saturated carbocycles. The molecule has 206 valence electrons.